The molecular formula is C9H18N2O2. The fourth-order valence-electron chi connectivity index (χ4n) is 0.865. The first-order valence-electron chi connectivity index (χ1n) is 4.66. The van der Waals surface area contributed by atoms with Crippen molar-refractivity contribution >= 4 is 11.8 Å². The molecule has 0 aromatic heterocycles. The lowest BCUT2D eigenvalue weighted by molar-refractivity contribution is -0.143. The molecule has 0 saturated heterocycles. The third kappa shape index (κ3) is 8.85. The average molecular weight is 186 g/mol. The third-order valence-corrected chi connectivity index (χ3v) is 1.53. The number of nitrogens with two attached hydrogens (primary N) is 1. The number of nitrogens with zero attached hydrogens (tertiary/aromatic N) is 1. The summed E-state index contributed by atoms with van der Waals surface area (Å²) in [5.41, 5.74) is 5.19. The quantitative estimate of drug-likeness (QED) is 0.226. The molecule has 76 valence electrons. The topological polar surface area (TPSA) is 64.7 Å². The fraction of sp³-hybridized carbons (Fsp3) is 0.778. The van der Waals surface area contributed by atoms with Crippen LogP contribution < -0.4 is 5.73 Å². The molecule has 0 fully saturated rings. The van der Waals surface area contributed by atoms with E-state index in [1.165, 1.54) is 0 Å². The second-order valence-electron chi connectivity index (χ2n) is 3.01. The van der Waals surface area contributed by atoms with Crippen LogP contribution in [0.5, 0.6) is 0 Å². The zero-order chi connectivity index (χ0) is 10.1. The van der Waals surface area contributed by atoms with Crippen LogP contribution in [0.2, 0.25) is 0 Å². The van der Waals surface area contributed by atoms with Crippen molar-refractivity contribution in [1.29, 1.82) is 0 Å². The van der Waals surface area contributed by atoms with Crippen LogP contribution >= 0.6 is 0 Å². The Kier molecular flexibility index (Phi) is 6.96. The minimum atomic E-state index is -0.305. The molecule has 0 radical (unpaired) electrons. The molecule has 0 heterocycles. The van der Waals surface area contributed by atoms with Crippen LogP contribution in [0.4, 0.5) is 0 Å². The molecule has 0 aromatic rings. The van der Waals surface area contributed by atoms with Crippen molar-refractivity contribution in [3.8, 4) is 0 Å². The lowest BCUT2D eigenvalue weighted by atomic mass is 10.2. The Bertz CT molecular complexity index is 174. The first-order chi connectivity index (χ1) is 6.16. The second kappa shape index (κ2) is 7.58. The van der Waals surface area contributed by atoms with Crippen LogP contribution in [0, 0.1) is 0 Å². The largest absolute Gasteiger partial charge is 0.385 e. The number of carbonyl (C=O) groups excluding carboxylic acids is 1. The maximum Gasteiger partial charge on any atom is 0.335 e. The highest BCUT2D eigenvalue weighted by Crippen LogP contribution is 2.03. The van der Waals surface area contributed by atoms with Gasteiger partial charge >= 0.3 is 5.97 Å². The van der Waals surface area contributed by atoms with E-state index in [4.69, 9.17) is 5.73 Å². The fourth-order valence-corrected chi connectivity index (χ4v) is 0.865. The van der Waals surface area contributed by atoms with Gasteiger partial charge in [0.15, 0.2) is 0 Å². The molecule has 0 rings (SSSR count). The Morgan fingerprint density at radius 2 is 2.08 bits per heavy atom. The average Bonchev–Trinajstić information content (AvgIpc) is 2.09. The Hall–Kier alpha value is -1.06. The summed E-state index contributed by atoms with van der Waals surface area (Å²) in [6.07, 6.45) is 4.68. The van der Waals surface area contributed by atoms with Crippen LogP contribution in [0.15, 0.2) is 5.16 Å². The zero-order valence-corrected chi connectivity index (χ0v) is 8.38. The van der Waals surface area contributed by atoms with E-state index in [1.54, 1.807) is 6.92 Å². The summed E-state index contributed by atoms with van der Waals surface area (Å²) in [4.78, 5) is 15.4. The molecule has 0 bridgehead atoms. The van der Waals surface area contributed by atoms with Crippen molar-refractivity contribution in [3.63, 3.8) is 0 Å². The SMILES string of the molecule is CCCCCCC(=O)ON=C(C)N. The number of oxime groups is 1. The molecule has 0 unspecified atom stereocenters. The van der Waals surface area contributed by atoms with E-state index in [9.17, 15) is 4.79 Å². The first kappa shape index (κ1) is 11.9. The van der Waals surface area contributed by atoms with Gasteiger partial charge in [0.2, 0.25) is 0 Å². The number of unbranched alkanes of at least 4 members (excludes halogenated alkanes) is 3. The van der Waals surface area contributed by atoms with E-state index in [1.807, 2.05) is 0 Å². The molecule has 0 atom stereocenters. The van der Waals surface area contributed by atoms with Gasteiger partial charge in [-0.2, -0.15) is 0 Å². The van der Waals surface area contributed by atoms with Crippen LogP contribution in [0.25, 0.3) is 0 Å². The highest BCUT2D eigenvalue weighted by atomic mass is 16.7. The molecule has 4 heteroatoms. The Morgan fingerprint density at radius 1 is 1.38 bits per heavy atom. The van der Waals surface area contributed by atoms with Gasteiger partial charge in [-0.05, 0) is 13.3 Å². The number of carbonyl (C=O) groups is 1. The summed E-state index contributed by atoms with van der Waals surface area (Å²) >= 11 is 0. The summed E-state index contributed by atoms with van der Waals surface area (Å²) in [5, 5.41) is 3.37. The lowest BCUT2D eigenvalue weighted by Crippen LogP contribution is -2.08. The molecule has 0 saturated carbocycles. The predicted octanol–water partition coefficient (Wildman–Crippen LogP) is 1.79. The number of amidine groups is 1. The van der Waals surface area contributed by atoms with Crippen LogP contribution in [0.3, 0.4) is 0 Å². The Morgan fingerprint density at radius 3 is 2.62 bits per heavy atom. The molecule has 0 aliphatic rings. The summed E-state index contributed by atoms with van der Waals surface area (Å²) in [7, 11) is 0. The maximum atomic E-state index is 10.9. The normalized spacial score (nSPS) is 11.4. The van der Waals surface area contributed by atoms with Crippen LogP contribution in [0.1, 0.15) is 46.0 Å². The minimum Gasteiger partial charge on any atom is -0.385 e. The summed E-state index contributed by atoms with van der Waals surface area (Å²) in [6, 6.07) is 0. The van der Waals surface area contributed by atoms with E-state index in [0.717, 1.165) is 25.7 Å². The smallest absolute Gasteiger partial charge is 0.335 e. The van der Waals surface area contributed by atoms with E-state index < -0.39 is 0 Å². The molecule has 0 amide bonds. The molecular weight excluding hydrogens is 168 g/mol. The summed E-state index contributed by atoms with van der Waals surface area (Å²) in [6.45, 7) is 3.70. The van der Waals surface area contributed by atoms with Gasteiger partial charge in [-0.1, -0.05) is 31.3 Å². The Labute approximate surface area is 79.1 Å². The minimum absolute atomic E-state index is 0.266. The zero-order valence-electron chi connectivity index (χ0n) is 8.38. The standard InChI is InChI=1S/C9H18N2O2/c1-3-4-5-6-7-9(12)13-11-8(2)10/h3-7H2,1-2H3,(H2,10,11). The molecule has 0 aromatic carbocycles. The molecule has 0 aliphatic carbocycles. The second-order valence-corrected chi connectivity index (χ2v) is 3.01. The highest BCUT2D eigenvalue weighted by molar-refractivity contribution is 5.78. The van der Waals surface area contributed by atoms with Crippen molar-refractivity contribution < 1.29 is 9.63 Å². The number of hydrogen-bond donors (Lipinski definition) is 1. The van der Waals surface area contributed by atoms with Gasteiger partial charge in [-0.15, -0.1) is 0 Å². The van der Waals surface area contributed by atoms with Crippen molar-refractivity contribution in [2.45, 2.75) is 46.0 Å². The van der Waals surface area contributed by atoms with E-state index >= 15 is 0 Å². The first-order valence-corrected chi connectivity index (χ1v) is 4.66. The van der Waals surface area contributed by atoms with Crippen molar-refractivity contribution in [2.24, 2.45) is 10.9 Å². The molecule has 0 aliphatic heterocycles. The van der Waals surface area contributed by atoms with Gasteiger partial charge in [-0.25, -0.2) is 4.79 Å². The van der Waals surface area contributed by atoms with Crippen molar-refractivity contribution in [1.82, 2.24) is 0 Å². The van der Waals surface area contributed by atoms with Gasteiger partial charge in [0, 0.05) is 6.42 Å². The lowest BCUT2D eigenvalue weighted by Gasteiger charge is -1.97. The molecule has 13 heavy (non-hydrogen) atoms. The monoisotopic (exact) mass is 186 g/mol. The van der Waals surface area contributed by atoms with E-state index in [2.05, 4.69) is 16.9 Å². The van der Waals surface area contributed by atoms with Gasteiger partial charge < -0.3 is 10.6 Å². The van der Waals surface area contributed by atoms with Crippen LogP contribution in [-0.2, 0) is 9.63 Å². The predicted molar refractivity (Wildman–Crippen MR) is 52.1 cm³/mol. The van der Waals surface area contributed by atoms with E-state index in [0.29, 0.717) is 6.42 Å². The molecule has 4 nitrogen and oxygen atoms in total. The third-order valence-electron chi connectivity index (χ3n) is 1.53. The van der Waals surface area contributed by atoms with E-state index in [-0.39, 0.29) is 11.8 Å². The van der Waals surface area contributed by atoms with Crippen molar-refractivity contribution in [2.75, 3.05) is 0 Å². The molecule has 2 N–H and O–H groups in total. The highest BCUT2D eigenvalue weighted by Gasteiger charge is 2.01. The Balaban J connectivity index is 3.36. The number of hydrogen-bond acceptors (Lipinski definition) is 3. The van der Waals surface area contributed by atoms with Gasteiger partial charge in [0.05, 0.1) is 0 Å². The molecule has 0 spiro atoms. The summed E-state index contributed by atoms with van der Waals surface area (Å²) in [5.74, 6) is -0.0391. The van der Waals surface area contributed by atoms with Crippen molar-refractivity contribution in [3.05, 3.63) is 0 Å². The van der Waals surface area contributed by atoms with Gasteiger partial charge in [-0.3, -0.25) is 0 Å². The van der Waals surface area contributed by atoms with Crippen LogP contribution in [-0.4, -0.2) is 11.8 Å². The van der Waals surface area contributed by atoms with Gasteiger partial charge in [0.25, 0.3) is 0 Å². The maximum absolute atomic E-state index is 10.9. The van der Waals surface area contributed by atoms with Gasteiger partial charge in [0.1, 0.15) is 5.84 Å². The number of rotatable bonds is 6. The summed E-state index contributed by atoms with van der Waals surface area (Å²) < 4.78 is 0.